The Morgan fingerprint density at radius 3 is 2.59 bits per heavy atom. The molecular formula is C15H10F2N2O3. The minimum atomic E-state index is -1.37. The van der Waals surface area contributed by atoms with E-state index in [2.05, 4.69) is 10.5 Å². The first-order valence-electron chi connectivity index (χ1n) is 6.33. The second-order valence-corrected chi connectivity index (χ2v) is 4.62. The molecule has 1 heterocycles. The highest BCUT2D eigenvalue weighted by Gasteiger charge is 2.23. The summed E-state index contributed by atoms with van der Waals surface area (Å²) in [5, 5.41) is 15.7. The molecule has 0 bridgehead atoms. The molecule has 112 valence electrons. The van der Waals surface area contributed by atoms with Crippen molar-refractivity contribution in [1.29, 1.82) is 0 Å². The number of rotatable bonds is 3. The van der Waals surface area contributed by atoms with Crippen LogP contribution in [0.3, 0.4) is 0 Å². The first-order valence-corrected chi connectivity index (χ1v) is 6.33. The lowest BCUT2D eigenvalue weighted by atomic mass is 10.1. The predicted molar refractivity (Wildman–Crippen MR) is 73.3 cm³/mol. The van der Waals surface area contributed by atoms with Crippen LogP contribution in [0.2, 0.25) is 0 Å². The fourth-order valence-electron chi connectivity index (χ4n) is 2.04. The van der Waals surface area contributed by atoms with Crippen LogP contribution in [0.25, 0.3) is 0 Å². The Morgan fingerprint density at radius 1 is 1.18 bits per heavy atom. The summed E-state index contributed by atoms with van der Waals surface area (Å²) < 4.78 is 26.3. The normalized spacial score (nSPS) is 16.6. The minimum absolute atomic E-state index is 0.275. The van der Waals surface area contributed by atoms with Crippen LogP contribution >= 0.6 is 0 Å². The molecule has 1 aliphatic heterocycles. The maximum absolute atomic E-state index is 13.4. The summed E-state index contributed by atoms with van der Waals surface area (Å²) in [5.41, 5.74) is 0.580. The molecule has 0 amide bonds. The van der Waals surface area contributed by atoms with Crippen LogP contribution < -0.4 is 5.32 Å². The van der Waals surface area contributed by atoms with Gasteiger partial charge in [0.2, 0.25) is 6.23 Å². The number of aromatic carboxylic acids is 1. The van der Waals surface area contributed by atoms with Gasteiger partial charge in [-0.25, -0.2) is 13.6 Å². The van der Waals surface area contributed by atoms with E-state index in [1.807, 2.05) is 0 Å². The van der Waals surface area contributed by atoms with Crippen LogP contribution in [-0.4, -0.2) is 16.9 Å². The highest BCUT2D eigenvalue weighted by Crippen LogP contribution is 2.22. The van der Waals surface area contributed by atoms with Crippen molar-refractivity contribution in [3.8, 4) is 0 Å². The SMILES string of the molecule is O=C(O)c1cc(C2=NOC(c3ccc(F)cc3)N2)ccc1F. The molecule has 0 aromatic heterocycles. The standard InChI is InChI=1S/C15H10F2N2O3/c16-10-4-1-8(2-5-10)14-18-13(19-22-14)9-3-6-12(17)11(7-9)15(20)21/h1-7,14H,(H,18,19)(H,20,21). The lowest BCUT2D eigenvalue weighted by molar-refractivity contribution is 0.0691. The summed E-state index contributed by atoms with van der Waals surface area (Å²) in [6.07, 6.45) is -0.617. The van der Waals surface area contributed by atoms with E-state index in [-0.39, 0.29) is 11.7 Å². The predicted octanol–water partition coefficient (Wildman–Crippen LogP) is 2.64. The molecule has 0 spiro atoms. The fourth-order valence-corrected chi connectivity index (χ4v) is 2.04. The van der Waals surface area contributed by atoms with Gasteiger partial charge in [0, 0.05) is 11.1 Å². The Morgan fingerprint density at radius 2 is 1.91 bits per heavy atom. The van der Waals surface area contributed by atoms with Crippen molar-refractivity contribution in [3.63, 3.8) is 0 Å². The third-order valence-electron chi connectivity index (χ3n) is 3.16. The largest absolute Gasteiger partial charge is 0.478 e. The van der Waals surface area contributed by atoms with Gasteiger partial charge in [0.05, 0.1) is 5.56 Å². The van der Waals surface area contributed by atoms with Gasteiger partial charge >= 0.3 is 5.97 Å². The first kappa shape index (κ1) is 14.0. The van der Waals surface area contributed by atoms with Crippen LogP contribution in [0.5, 0.6) is 0 Å². The average molecular weight is 304 g/mol. The molecule has 2 aromatic rings. The van der Waals surface area contributed by atoms with Crippen molar-refractivity contribution in [1.82, 2.24) is 5.32 Å². The number of nitrogens with one attached hydrogen (secondary N) is 1. The topological polar surface area (TPSA) is 70.9 Å². The van der Waals surface area contributed by atoms with E-state index in [1.54, 1.807) is 12.1 Å². The molecule has 0 aliphatic carbocycles. The smallest absolute Gasteiger partial charge is 0.338 e. The second kappa shape index (κ2) is 5.44. The number of carboxylic acids is 1. The molecule has 1 unspecified atom stereocenters. The van der Waals surface area contributed by atoms with Gasteiger partial charge in [-0.2, -0.15) is 0 Å². The van der Waals surface area contributed by atoms with Gasteiger partial charge in [-0.15, -0.1) is 0 Å². The van der Waals surface area contributed by atoms with Gasteiger partial charge < -0.3 is 15.3 Å². The van der Waals surface area contributed by atoms with Crippen LogP contribution in [-0.2, 0) is 4.84 Å². The van der Waals surface area contributed by atoms with Crippen LogP contribution in [0.1, 0.15) is 27.7 Å². The molecule has 1 aliphatic rings. The van der Waals surface area contributed by atoms with Crippen molar-refractivity contribution in [3.05, 3.63) is 70.8 Å². The van der Waals surface area contributed by atoms with E-state index in [9.17, 15) is 13.6 Å². The van der Waals surface area contributed by atoms with E-state index in [1.165, 1.54) is 24.3 Å². The summed E-state index contributed by atoms with van der Waals surface area (Å²) in [6, 6.07) is 9.27. The Balaban J connectivity index is 1.82. The Labute approximate surface area is 123 Å². The maximum atomic E-state index is 13.4. The van der Waals surface area contributed by atoms with Gasteiger partial charge in [-0.1, -0.05) is 17.3 Å². The molecular weight excluding hydrogens is 294 g/mol. The molecule has 1 atom stereocenters. The zero-order valence-electron chi connectivity index (χ0n) is 11.1. The van der Waals surface area contributed by atoms with E-state index in [0.29, 0.717) is 11.1 Å². The molecule has 22 heavy (non-hydrogen) atoms. The summed E-state index contributed by atoms with van der Waals surface area (Å²) in [6.45, 7) is 0. The van der Waals surface area contributed by atoms with E-state index in [4.69, 9.17) is 9.94 Å². The number of amidine groups is 1. The lowest BCUT2D eigenvalue weighted by Crippen LogP contribution is -2.24. The van der Waals surface area contributed by atoms with Crippen LogP contribution in [0, 0.1) is 11.6 Å². The zero-order chi connectivity index (χ0) is 15.7. The summed E-state index contributed by atoms with van der Waals surface area (Å²) in [7, 11) is 0. The van der Waals surface area contributed by atoms with Crippen molar-refractivity contribution in [2.75, 3.05) is 0 Å². The van der Waals surface area contributed by atoms with Gasteiger partial charge in [-0.05, 0) is 30.3 Å². The Hall–Kier alpha value is -2.96. The van der Waals surface area contributed by atoms with Crippen molar-refractivity contribution in [2.45, 2.75) is 6.23 Å². The number of hydrogen-bond acceptors (Lipinski definition) is 4. The number of carbonyl (C=O) groups is 1. The molecule has 0 saturated carbocycles. The molecule has 0 fully saturated rings. The lowest BCUT2D eigenvalue weighted by Gasteiger charge is -2.10. The molecule has 3 rings (SSSR count). The third kappa shape index (κ3) is 2.60. The van der Waals surface area contributed by atoms with Gasteiger partial charge in [0.1, 0.15) is 11.6 Å². The first-order chi connectivity index (χ1) is 10.5. The summed E-state index contributed by atoms with van der Waals surface area (Å²) >= 11 is 0. The quantitative estimate of drug-likeness (QED) is 0.914. The maximum Gasteiger partial charge on any atom is 0.338 e. The molecule has 0 radical (unpaired) electrons. The Bertz CT molecular complexity index is 760. The van der Waals surface area contributed by atoms with E-state index < -0.39 is 23.6 Å². The molecule has 0 saturated heterocycles. The van der Waals surface area contributed by atoms with Gasteiger partial charge in [-0.3, -0.25) is 0 Å². The minimum Gasteiger partial charge on any atom is -0.478 e. The average Bonchev–Trinajstić information content (AvgIpc) is 2.98. The van der Waals surface area contributed by atoms with Crippen molar-refractivity contribution in [2.24, 2.45) is 5.16 Å². The van der Waals surface area contributed by atoms with Gasteiger partial charge in [0.15, 0.2) is 5.84 Å². The summed E-state index contributed by atoms with van der Waals surface area (Å²) in [5.74, 6) is -2.29. The fraction of sp³-hybridized carbons (Fsp3) is 0.0667. The zero-order valence-corrected chi connectivity index (χ0v) is 11.1. The number of nitrogens with zero attached hydrogens (tertiary/aromatic N) is 1. The molecule has 7 heteroatoms. The molecule has 2 N–H and O–H groups in total. The van der Waals surface area contributed by atoms with Crippen molar-refractivity contribution < 1.29 is 23.5 Å². The number of halogens is 2. The number of benzene rings is 2. The number of oxime groups is 1. The van der Waals surface area contributed by atoms with E-state index >= 15 is 0 Å². The van der Waals surface area contributed by atoms with E-state index in [0.717, 1.165) is 6.07 Å². The third-order valence-corrected chi connectivity index (χ3v) is 3.16. The van der Waals surface area contributed by atoms with Crippen LogP contribution in [0.15, 0.2) is 47.6 Å². The van der Waals surface area contributed by atoms with Crippen molar-refractivity contribution >= 4 is 11.8 Å². The number of hydrogen-bond donors (Lipinski definition) is 2. The molecule has 5 nitrogen and oxygen atoms in total. The highest BCUT2D eigenvalue weighted by atomic mass is 19.1. The monoisotopic (exact) mass is 304 g/mol. The van der Waals surface area contributed by atoms with Gasteiger partial charge in [0.25, 0.3) is 0 Å². The Kier molecular flexibility index (Phi) is 3.46. The molecule has 2 aromatic carbocycles. The second-order valence-electron chi connectivity index (χ2n) is 4.62. The summed E-state index contributed by atoms with van der Waals surface area (Å²) in [4.78, 5) is 16.1. The van der Waals surface area contributed by atoms with Crippen LogP contribution in [0.4, 0.5) is 8.78 Å². The highest BCUT2D eigenvalue weighted by molar-refractivity contribution is 6.01. The number of carboxylic acid groups (broad SMARTS) is 1.